The molecule has 0 aliphatic heterocycles. The number of rotatable bonds is 2. The first-order valence-electron chi connectivity index (χ1n) is 4.78. The molecule has 2 aromatic rings. The molecule has 0 saturated heterocycles. The summed E-state index contributed by atoms with van der Waals surface area (Å²) in [4.78, 5) is 0. The van der Waals surface area contributed by atoms with Crippen molar-refractivity contribution in [2.45, 2.75) is 0 Å². The highest BCUT2D eigenvalue weighted by Crippen LogP contribution is 2.24. The summed E-state index contributed by atoms with van der Waals surface area (Å²) < 4.78 is 1.26. The van der Waals surface area contributed by atoms with Crippen molar-refractivity contribution in [3.05, 3.63) is 64.2 Å². The van der Waals surface area contributed by atoms with Gasteiger partial charge in [0.1, 0.15) is 0 Å². The maximum absolute atomic E-state index is 3.83. The molecule has 0 nitrogen and oxygen atoms in total. The summed E-state index contributed by atoms with van der Waals surface area (Å²) in [6.07, 6.45) is 1.90. The molecule has 0 aliphatic rings. The Balaban J connectivity index is 2.53. The van der Waals surface area contributed by atoms with E-state index in [0.29, 0.717) is 0 Å². The minimum Gasteiger partial charge on any atom is -0.0984 e. The van der Waals surface area contributed by atoms with Crippen LogP contribution in [0.1, 0.15) is 5.56 Å². The van der Waals surface area contributed by atoms with Crippen LogP contribution in [-0.4, -0.2) is 0 Å². The summed E-state index contributed by atoms with van der Waals surface area (Å²) in [5.74, 6) is 0. The second kappa shape index (κ2) is 4.62. The lowest BCUT2D eigenvalue weighted by molar-refractivity contribution is 1.57. The van der Waals surface area contributed by atoms with Crippen molar-refractivity contribution >= 4 is 28.7 Å². The van der Waals surface area contributed by atoms with Crippen molar-refractivity contribution in [3.63, 3.8) is 0 Å². The zero-order valence-corrected chi connectivity index (χ0v) is 10.4. The first kappa shape index (κ1) is 10.4. The van der Waals surface area contributed by atoms with E-state index in [1.165, 1.54) is 20.3 Å². The van der Waals surface area contributed by atoms with Gasteiger partial charge in [-0.3, -0.25) is 0 Å². The van der Waals surface area contributed by atoms with Crippen molar-refractivity contribution in [1.82, 2.24) is 0 Å². The molecule has 0 fully saturated rings. The van der Waals surface area contributed by atoms with E-state index in [-0.39, 0.29) is 0 Å². The maximum Gasteiger partial charge on any atom is 0.0130 e. The second-order valence-corrected chi connectivity index (χ2v) is 4.54. The molecule has 0 amide bonds. The predicted octanol–water partition coefficient (Wildman–Crippen LogP) is 4.60. The van der Waals surface area contributed by atoms with Crippen LogP contribution < -0.4 is 0 Å². The Labute approximate surface area is 104 Å². The third kappa shape index (κ3) is 2.29. The standard InChI is InChI=1S/C14H11I/c1-2-11-5-3-4-6-14(11)12-7-9-13(15)10-8-12/h2-10H,1H2. The average molecular weight is 306 g/mol. The first-order valence-corrected chi connectivity index (χ1v) is 5.86. The Kier molecular flexibility index (Phi) is 3.21. The van der Waals surface area contributed by atoms with E-state index in [1.54, 1.807) is 0 Å². The minimum absolute atomic E-state index is 1.18. The quantitative estimate of drug-likeness (QED) is 0.711. The molecule has 0 bridgehead atoms. The number of hydrogen-bond donors (Lipinski definition) is 0. The van der Waals surface area contributed by atoms with Crippen LogP contribution in [-0.2, 0) is 0 Å². The predicted molar refractivity (Wildman–Crippen MR) is 74.7 cm³/mol. The molecule has 0 radical (unpaired) electrons. The zero-order chi connectivity index (χ0) is 10.7. The van der Waals surface area contributed by atoms with Gasteiger partial charge in [0.05, 0.1) is 0 Å². The Morgan fingerprint density at radius 3 is 2.27 bits per heavy atom. The fraction of sp³-hybridized carbons (Fsp3) is 0. The number of benzene rings is 2. The lowest BCUT2D eigenvalue weighted by Crippen LogP contribution is -1.82. The molecule has 0 aliphatic carbocycles. The molecule has 0 spiro atoms. The Bertz CT molecular complexity index is 469. The summed E-state index contributed by atoms with van der Waals surface area (Å²) in [5.41, 5.74) is 3.66. The second-order valence-electron chi connectivity index (χ2n) is 3.30. The van der Waals surface area contributed by atoms with Crippen LogP contribution in [0.3, 0.4) is 0 Å². The molecule has 0 atom stereocenters. The topological polar surface area (TPSA) is 0 Å². The summed E-state index contributed by atoms with van der Waals surface area (Å²) >= 11 is 2.31. The van der Waals surface area contributed by atoms with Gasteiger partial charge in [-0.2, -0.15) is 0 Å². The highest BCUT2D eigenvalue weighted by Gasteiger charge is 2.00. The molecule has 0 heterocycles. The van der Waals surface area contributed by atoms with E-state index in [1.807, 2.05) is 12.1 Å². The lowest BCUT2D eigenvalue weighted by Gasteiger charge is -2.05. The summed E-state index contributed by atoms with van der Waals surface area (Å²) in [6, 6.07) is 16.8. The summed E-state index contributed by atoms with van der Waals surface area (Å²) in [6.45, 7) is 3.83. The third-order valence-electron chi connectivity index (χ3n) is 2.34. The summed E-state index contributed by atoms with van der Waals surface area (Å²) in [5, 5.41) is 0. The van der Waals surface area contributed by atoms with Crippen LogP contribution in [0.15, 0.2) is 55.1 Å². The molecule has 1 heteroatoms. The SMILES string of the molecule is C=Cc1ccccc1-c1ccc(I)cc1. The molecule has 0 unspecified atom stereocenters. The molecular weight excluding hydrogens is 295 g/mol. The molecule has 0 N–H and O–H groups in total. The van der Waals surface area contributed by atoms with Gasteiger partial charge in [0.25, 0.3) is 0 Å². The van der Waals surface area contributed by atoms with Crippen molar-refractivity contribution in [1.29, 1.82) is 0 Å². The van der Waals surface area contributed by atoms with Gasteiger partial charge in [-0.05, 0) is 51.4 Å². The average Bonchev–Trinajstić information content (AvgIpc) is 2.30. The van der Waals surface area contributed by atoms with Crippen LogP contribution >= 0.6 is 22.6 Å². The normalized spacial score (nSPS) is 9.93. The van der Waals surface area contributed by atoms with E-state index in [9.17, 15) is 0 Å². The van der Waals surface area contributed by atoms with Crippen molar-refractivity contribution in [3.8, 4) is 11.1 Å². The van der Waals surface area contributed by atoms with Crippen LogP contribution in [0.2, 0.25) is 0 Å². The van der Waals surface area contributed by atoms with Gasteiger partial charge >= 0.3 is 0 Å². The molecule has 2 aromatic carbocycles. The van der Waals surface area contributed by atoms with E-state index in [0.717, 1.165) is 0 Å². The van der Waals surface area contributed by atoms with E-state index >= 15 is 0 Å². The molecule has 0 saturated carbocycles. The Morgan fingerprint density at radius 2 is 1.60 bits per heavy atom. The number of halogens is 1. The van der Waals surface area contributed by atoms with Crippen LogP contribution in [0, 0.1) is 3.57 Å². The molecular formula is C14H11I. The van der Waals surface area contributed by atoms with Crippen LogP contribution in [0.5, 0.6) is 0 Å². The Hall–Kier alpha value is -1.09. The first-order chi connectivity index (χ1) is 7.31. The van der Waals surface area contributed by atoms with Crippen LogP contribution in [0.25, 0.3) is 17.2 Å². The third-order valence-corrected chi connectivity index (χ3v) is 3.06. The molecule has 15 heavy (non-hydrogen) atoms. The largest absolute Gasteiger partial charge is 0.0984 e. The fourth-order valence-corrected chi connectivity index (χ4v) is 1.93. The molecule has 74 valence electrons. The monoisotopic (exact) mass is 306 g/mol. The van der Waals surface area contributed by atoms with Gasteiger partial charge in [-0.1, -0.05) is 49.1 Å². The van der Waals surface area contributed by atoms with Crippen molar-refractivity contribution in [2.24, 2.45) is 0 Å². The van der Waals surface area contributed by atoms with Crippen molar-refractivity contribution < 1.29 is 0 Å². The Morgan fingerprint density at radius 1 is 0.933 bits per heavy atom. The zero-order valence-electron chi connectivity index (χ0n) is 8.28. The van der Waals surface area contributed by atoms with Gasteiger partial charge in [-0.25, -0.2) is 0 Å². The number of hydrogen-bond acceptors (Lipinski definition) is 0. The lowest BCUT2D eigenvalue weighted by atomic mass is 10.00. The summed E-state index contributed by atoms with van der Waals surface area (Å²) in [7, 11) is 0. The van der Waals surface area contributed by atoms with E-state index in [2.05, 4.69) is 71.6 Å². The van der Waals surface area contributed by atoms with Gasteiger partial charge in [0.15, 0.2) is 0 Å². The van der Waals surface area contributed by atoms with Gasteiger partial charge in [0.2, 0.25) is 0 Å². The van der Waals surface area contributed by atoms with E-state index < -0.39 is 0 Å². The van der Waals surface area contributed by atoms with E-state index in [4.69, 9.17) is 0 Å². The van der Waals surface area contributed by atoms with Gasteiger partial charge in [-0.15, -0.1) is 0 Å². The van der Waals surface area contributed by atoms with Crippen molar-refractivity contribution in [2.75, 3.05) is 0 Å². The van der Waals surface area contributed by atoms with Gasteiger partial charge < -0.3 is 0 Å². The smallest absolute Gasteiger partial charge is 0.0130 e. The van der Waals surface area contributed by atoms with Gasteiger partial charge in [0, 0.05) is 3.57 Å². The highest BCUT2D eigenvalue weighted by atomic mass is 127. The minimum atomic E-state index is 1.18. The molecule has 2 rings (SSSR count). The van der Waals surface area contributed by atoms with Crippen LogP contribution in [0.4, 0.5) is 0 Å². The fourth-order valence-electron chi connectivity index (χ4n) is 1.57. The highest BCUT2D eigenvalue weighted by molar-refractivity contribution is 14.1. The maximum atomic E-state index is 3.83. The molecule has 0 aromatic heterocycles.